The van der Waals surface area contributed by atoms with Crippen LogP contribution in [0.2, 0.25) is 0 Å². The van der Waals surface area contributed by atoms with Crippen molar-refractivity contribution >= 4 is 65.3 Å². The van der Waals surface area contributed by atoms with Crippen molar-refractivity contribution in [1.82, 2.24) is 19.5 Å². The number of benzene rings is 9. The van der Waals surface area contributed by atoms with Crippen molar-refractivity contribution in [2.45, 2.75) is 0 Å². The van der Waals surface area contributed by atoms with Gasteiger partial charge in [0.05, 0.1) is 24.9 Å². The molecule has 0 spiro atoms. The average Bonchev–Trinajstić information content (AvgIpc) is 3.90. The van der Waals surface area contributed by atoms with Crippen LogP contribution in [-0.2, 0) is 0 Å². The molecule has 3 heterocycles. The van der Waals surface area contributed by atoms with Crippen molar-refractivity contribution in [3.63, 3.8) is 0 Å². The average molecular weight is 747 g/mol. The van der Waals surface area contributed by atoms with Crippen molar-refractivity contribution < 1.29 is 12.6 Å². The van der Waals surface area contributed by atoms with Crippen LogP contribution in [0.15, 0.2) is 198 Å². The Kier molecular flexibility index (Phi) is 5.94. The summed E-state index contributed by atoms with van der Waals surface area (Å²) >= 11 is 0. The second kappa shape index (κ2) is 12.8. The van der Waals surface area contributed by atoms with Crippen LogP contribution < -0.4 is 0 Å². The van der Waals surface area contributed by atoms with E-state index in [-0.39, 0.29) is 58.1 Å². The molecule has 5 nitrogen and oxygen atoms in total. The van der Waals surface area contributed by atoms with Gasteiger partial charge in [-0.05, 0) is 69.5 Å². The first-order chi connectivity index (χ1) is 31.2. The third-order valence-corrected chi connectivity index (χ3v) is 11.0. The first kappa shape index (κ1) is 26.8. The number of hydrogen-bond donors (Lipinski definition) is 0. The SMILES string of the molecule is [2H]c1cc([2H])c2c(c1[2H])c1c([2H])c([2H])cc([2H])c1n2-c1cc(-c2cccc3c2oc2ccccc23)ccc1-c1nc(-c2ccc3ccccc3c2)nc(-c2ccc3ccccc3c2)n1. The van der Waals surface area contributed by atoms with Crippen molar-refractivity contribution in [3.8, 4) is 51.0 Å². The van der Waals surface area contributed by atoms with Gasteiger partial charge in [0, 0.05) is 43.8 Å². The molecule has 0 aliphatic rings. The van der Waals surface area contributed by atoms with Gasteiger partial charge in [0.15, 0.2) is 17.5 Å². The zero-order chi connectivity index (χ0) is 43.4. The Morgan fingerprint density at radius 1 is 0.414 bits per heavy atom. The quantitative estimate of drug-likeness (QED) is 0.176. The van der Waals surface area contributed by atoms with E-state index in [4.69, 9.17) is 24.9 Å². The summed E-state index contributed by atoms with van der Waals surface area (Å²) in [5.74, 6) is 1.18. The van der Waals surface area contributed by atoms with Gasteiger partial charge >= 0.3 is 0 Å². The van der Waals surface area contributed by atoms with E-state index < -0.39 is 0 Å². The summed E-state index contributed by atoms with van der Waals surface area (Å²) in [5.41, 5.74) is 5.97. The highest BCUT2D eigenvalue weighted by molar-refractivity contribution is 6.11. The lowest BCUT2D eigenvalue weighted by atomic mass is 9.99. The largest absolute Gasteiger partial charge is 0.455 e. The van der Waals surface area contributed by atoms with Gasteiger partial charge in [-0.2, -0.15) is 0 Å². The fourth-order valence-electron chi connectivity index (χ4n) is 8.21. The molecule has 270 valence electrons. The highest BCUT2D eigenvalue weighted by Crippen LogP contribution is 2.41. The van der Waals surface area contributed by atoms with Gasteiger partial charge in [-0.25, -0.2) is 15.0 Å². The molecule has 5 heteroatoms. The van der Waals surface area contributed by atoms with Gasteiger partial charge < -0.3 is 8.98 Å². The maximum atomic E-state index is 9.36. The fourth-order valence-corrected chi connectivity index (χ4v) is 8.21. The third kappa shape index (κ3) is 5.14. The zero-order valence-electron chi connectivity index (χ0n) is 36.7. The Hall–Kier alpha value is -7.89. The van der Waals surface area contributed by atoms with Crippen LogP contribution in [0.3, 0.4) is 0 Å². The van der Waals surface area contributed by atoms with Crippen LogP contribution >= 0.6 is 0 Å². The van der Waals surface area contributed by atoms with E-state index in [9.17, 15) is 2.74 Å². The number of furan rings is 1. The number of fused-ring (bicyclic) bond motifs is 8. The molecular formula is C53H32N4O. The smallest absolute Gasteiger partial charge is 0.166 e. The monoisotopic (exact) mass is 746 g/mol. The third-order valence-electron chi connectivity index (χ3n) is 11.0. The van der Waals surface area contributed by atoms with E-state index in [1.54, 1.807) is 4.57 Å². The summed E-state index contributed by atoms with van der Waals surface area (Å²) in [5, 5.41) is 6.42. The lowest BCUT2D eigenvalue weighted by Gasteiger charge is -2.16. The van der Waals surface area contributed by atoms with Crippen LogP contribution in [0.5, 0.6) is 0 Å². The summed E-state index contributed by atoms with van der Waals surface area (Å²) < 4.78 is 62.6. The molecule has 0 saturated carbocycles. The minimum absolute atomic E-state index is 0.0716. The standard InChI is InChI=1S/C53H32N4O/c1-3-14-35-30-38(26-24-33(35)12-1)51-54-52(39-27-25-34-13-2-4-15-36(34)31-39)56-53(55-51)45-29-28-37(40-19-11-20-44-43-18-7-10-23-49(43)58-50(40)44)32-48(45)57-46-21-8-5-16-41(46)42-17-6-9-22-47(42)57/h1-32H/i5D,6D,16D,17D,21D,22D. The minimum atomic E-state index is -0.199. The first-order valence-electron chi connectivity index (χ1n) is 22.0. The minimum Gasteiger partial charge on any atom is -0.455 e. The lowest BCUT2D eigenvalue weighted by molar-refractivity contribution is 0.670. The molecule has 0 unspecified atom stereocenters. The van der Waals surface area contributed by atoms with E-state index in [1.165, 1.54) is 12.1 Å². The van der Waals surface area contributed by atoms with Crippen molar-refractivity contribution in [2.75, 3.05) is 0 Å². The zero-order valence-corrected chi connectivity index (χ0v) is 30.7. The number of rotatable bonds is 5. The number of hydrogen-bond acceptors (Lipinski definition) is 4. The molecule has 9 aromatic carbocycles. The van der Waals surface area contributed by atoms with Crippen LogP contribution in [0, 0.1) is 0 Å². The maximum absolute atomic E-state index is 9.36. The summed E-state index contributed by atoms with van der Waals surface area (Å²) in [6, 6.07) is 49.9. The summed E-state index contributed by atoms with van der Waals surface area (Å²) in [4.78, 5) is 15.5. The Balaban J connectivity index is 1.20. The second-order valence-electron chi connectivity index (χ2n) is 14.3. The van der Waals surface area contributed by atoms with Crippen molar-refractivity contribution in [3.05, 3.63) is 194 Å². The van der Waals surface area contributed by atoms with E-state index in [2.05, 4.69) is 36.4 Å². The van der Waals surface area contributed by atoms with Gasteiger partial charge in [0.2, 0.25) is 0 Å². The Morgan fingerprint density at radius 2 is 0.983 bits per heavy atom. The molecule has 0 atom stereocenters. The summed E-state index contributed by atoms with van der Waals surface area (Å²) in [6.07, 6.45) is 0. The topological polar surface area (TPSA) is 56.7 Å². The van der Waals surface area contributed by atoms with Gasteiger partial charge in [0.25, 0.3) is 0 Å². The highest BCUT2D eigenvalue weighted by Gasteiger charge is 2.22. The molecule has 0 fully saturated rings. The molecule has 0 amide bonds. The Morgan fingerprint density at radius 3 is 1.66 bits per heavy atom. The molecule has 0 N–H and O–H groups in total. The van der Waals surface area contributed by atoms with E-state index in [0.29, 0.717) is 34.3 Å². The lowest BCUT2D eigenvalue weighted by Crippen LogP contribution is -2.04. The summed E-state index contributed by atoms with van der Waals surface area (Å²) in [6.45, 7) is 0. The number of aromatic nitrogens is 4. The number of para-hydroxylation sites is 4. The van der Waals surface area contributed by atoms with E-state index >= 15 is 0 Å². The number of nitrogens with zero attached hydrogens (tertiary/aromatic N) is 4. The van der Waals surface area contributed by atoms with Crippen molar-refractivity contribution in [1.29, 1.82) is 0 Å². The molecule has 12 rings (SSSR count). The normalized spacial score (nSPS) is 13.2. The predicted octanol–water partition coefficient (Wildman–Crippen LogP) is 13.8. The highest BCUT2D eigenvalue weighted by atomic mass is 16.3. The Bertz CT molecular complexity index is 3780. The molecule has 58 heavy (non-hydrogen) atoms. The predicted molar refractivity (Wildman–Crippen MR) is 238 cm³/mol. The van der Waals surface area contributed by atoms with E-state index in [0.717, 1.165) is 60.2 Å². The molecular weight excluding hydrogens is 709 g/mol. The first-order valence-corrected chi connectivity index (χ1v) is 19.0. The molecule has 0 saturated heterocycles. The molecule has 3 aromatic heterocycles. The van der Waals surface area contributed by atoms with Gasteiger partial charge in [0.1, 0.15) is 11.2 Å². The fraction of sp³-hybridized carbons (Fsp3) is 0. The summed E-state index contributed by atoms with van der Waals surface area (Å²) in [7, 11) is 0. The van der Waals surface area contributed by atoms with Crippen molar-refractivity contribution in [2.24, 2.45) is 0 Å². The molecule has 12 aromatic rings. The molecule has 0 aliphatic heterocycles. The molecule has 0 aliphatic carbocycles. The second-order valence-corrected chi connectivity index (χ2v) is 14.3. The van der Waals surface area contributed by atoms with Crippen LogP contribution in [0.1, 0.15) is 8.22 Å². The van der Waals surface area contributed by atoms with Crippen LogP contribution in [0.4, 0.5) is 0 Å². The molecule has 0 radical (unpaired) electrons. The Labute approximate surface area is 341 Å². The van der Waals surface area contributed by atoms with Gasteiger partial charge in [-0.3, -0.25) is 0 Å². The van der Waals surface area contributed by atoms with Gasteiger partial charge in [-0.15, -0.1) is 0 Å². The molecule has 0 bridgehead atoms. The maximum Gasteiger partial charge on any atom is 0.166 e. The van der Waals surface area contributed by atoms with E-state index in [1.807, 2.05) is 109 Å². The van der Waals surface area contributed by atoms with Crippen LogP contribution in [0.25, 0.3) is 116 Å². The van der Waals surface area contributed by atoms with Gasteiger partial charge in [-0.1, -0.05) is 152 Å². The van der Waals surface area contributed by atoms with Crippen LogP contribution in [-0.4, -0.2) is 19.5 Å².